The third kappa shape index (κ3) is 2.12. The molecular formula is C24H19N2+. The number of para-hydroxylation sites is 2. The van der Waals surface area contributed by atoms with Crippen molar-refractivity contribution in [3.8, 4) is 0 Å². The highest BCUT2D eigenvalue weighted by molar-refractivity contribution is 5.95. The van der Waals surface area contributed by atoms with Gasteiger partial charge in [0, 0.05) is 17.7 Å². The molecule has 2 nitrogen and oxygen atoms in total. The van der Waals surface area contributed by atoms with E-state index in [0.29, 0.717) is 0 Å². The fourth-order valence-electron chi connectivity index (χ4n) is 3.98. The van der Waals surface area contributed by atoms with Crippen LogP contribution in [0.25, 0.3) is 11.6 Å². The molecule has 0 saturated carbocycles. The average Bonchev–Trinajstić information content (AvgIpc) is 3.08. The predicted molar refractivity (Wildman–Crippen MR) is 109 cm³/mol. The molecule has 0 radical (unpaired) electrons. The van der Waals surface area contributed by atoms with E-state index in [1.165, 1.54) is 38.9 Å². The zero-order chi connectivity index (χ0) is 17.7. The van der Waals surface area contributed by atoms with Crippen molar-refractivity contribution in [2.24, 2.45) is 4.99 Å². The van der Waals surface area contributed by atoms with Gasteiger partial charge >= 0.3 is 5.84 Å². The second-order valence-electron chi connectivity index (χ2n) is 6.79. The van der Waals surface area contributed by atoms with Crippen LogP contribution in [0.4, 0.5) is 11.4 Å². The molecule has 2 heteroatoms. The lowest BCUT2D eigenvalue weighted by molar-refractivity contribution is 1.03. The van der Waals surface area contributed by atoms with Gasteiger partial charge in [0.15, 0.2) is 5.36 Å². The summed E-state index contributed by atoms with van der Waals surface area (Å²) < 4.78 is 2.28. The van der Waals surface area contributed by atoms with Crippen molar-refractivity contribution in [2.45, 2.75) is 13.8 Å². The van der Waals surface area contributed by atoms with Gasteiger partial charge in [0.1, 0.15) is 11.4 Å². The minimum atomic E-state index is 0.978. The zero-order valence-corrected chi connectivity index (χ0v) is 14.9. The molecule has 0 N–H and O–H groups in total. The van der Waals surface area contributed by atoms with E-state index in [2.05, 4.69) is 97.3 Å². The molecular weight excluding hydrogens is 316 g/mol. The zero-order valence-electron chi connectivity index (χ0n) is 14.9. The van der Waals surface area contributed by atoms with Gasteiger partial charge in [-0.05, 0) is 46.8 Å². The summed E-state index contributed by atoms with van der Waals surface area (Å²) in [6, 6.07) is 23.5. The second kappa shape index (κ2) is 5.63. The Morgan fingerprint density at radius 2 is 1.50 bits per heavy atom. The van der Waals surface area contributed by atoms with Crippen LogP contribution in [0.5, 0.6) is 0 Å². The monoisotopic (exact) mass is 335 g/mol. The largest absolute Gasteiger partial charge is 0.301 e. The summed E-state index contributed by atoms with van der Waals surface area (Å²) in [6.45, 7) is 4.24. The van der Waals surface area contributed by atoms with Crippen LogP contribution >= 0.6 is 0 Å². The quantitative estimate of drug-likeness (QED) is 0.595. The molecule has 3 aromatic carbocycles. The summed E-state index contributed by atoms with van der Waals surface area (Å²) in [5.41, 5.74) is 7.31. The summed E-state index contributed by atoms with van der Waals surface area (Å²) in [5.74, 6) is 0.978. The number of hydrogen-bond acceptors (Lipinski definition) is 1. The minimum Gasteiger partial charge on any atom is -0.193 e. The summed E-state index contributed by atoms with van der Waals surface area (Å²) in [4.78, 5) is 5.03. The van der Waals surface area contributed by atoms with E-state index < -0.39 is 0 Å². The minimum absolute atomic E-state index is 0.978. The maximum Gasteiger partial charge on any atom is 0.301 e. The number of fused-ring (bicyclic) bond motifs is 2. The van der Waals surface area contributed by atoms with Crippen molar-refractivity contribution < 1.29 is 0 Å². The van der Waals surface area contributed by atoms with Gasteiger partial charge in [0.2, 0.25) is 0 Å². The van der Waals surface area contributed by atoms with Gasteiger partial charge in [-0.3, -0.25) is 0 Å². The topological polar surface area (TPSA) is 15.4 Å². The third-order valence-electron chi connectivity index (χ3n) is 5.17. The Balaban J connectivity index is 1.98. The first kappa shape index (κ1) is 15.0. The van der Waals surface area contributed by atoms with Crippen molar-refractivity contribution >= 4 is 28.9 Å². The fraction of sp³-hybridized carbons (Fsp3) is 0.0833. The second-order valence-corrected chi connectivity index (χ2v) is 6.79. The summed E-state index contributed by atoms with van der Waals surface area (Å²) in [7, 11) is 0. The molecule has 2 aliphatic rings. The number of nitrogens with zero attached hydrogens (tertiary/aromatic N) is 2. The number of benzene rings is 3. The molecule has 3 aromatic rings. The molecule has 0 aromatic heterocycles. The van der Waals surface area contributed by atoms with Crippen LogP contribution in [0, 0.1) is 6.92 Å². The van der Waals surface area contributed by atoms with E-state index in [9.17, 15) is 0 Å². The molecule has 0 fully saturated rings. The normalized spacial score (nSPS) is 14.5. The maximum atomic E-state index is 5.03. The van der Waals surface area contributed by atoms with E-state index in [1.807, 2.05) is 0 Å². The molecule has 26 heavy (non-hydrogen) atoms. The molecule has 0 atom stereocenters. The van der Waals surface area contributed by atoms with Gasteiger partial charge < -0.3 is 0 Å². The Morgan fingerprint density at radius 1 is 0.731 bits per heavy atom. The smallest absolute Gasteiger partial charge is 0.193 e. The van der Waals surface area contributed by atoms with E-state index in [1.54, 1.807) is 0 Å². The molecule has 124 valence electrons. The molecule has 1 aliphatic carbocycles. The van der Waals surface area contributed by atoms with Gasteiger partial charge in [-0.1, -0.05) is 60.7 Å². The number of allylic oxidation sites excluding steroid dienone is 1. The average molecular weight is 335 g/mol. The van der Waals surface area contributed by atoms with Crippen molar-refractivity contribution in [3.05, 3.63) is 100 Å². The first-order chi connectivity index (χ1) is 12.7. The van der Waals surface area contributed by atoms with Gasteiger partial charge in [0.05, 0.1) is 0 Å². The van der Waals surface area contributed by atoms with E-state index in [-0.39, 0.29) is 0 Å². The summed E-state index contributed by atoms with van der Waals surface area (Å²) in [6.07, 6.45) is 4.42. The molecule has 0 spiro atoms. The van der Waals surface area contributed by atoms with Crippen LogP contribution in [0.1, 0.15) is 23.6 Å². The highest BCUT2D eigenvalue weighted by Crippen LogP contribution is 2.32. The molecule has 1 heterocycles. The molecule has 5 rings (SSSR count). The first-order valence-electron chi connectivity index (χ1n) is 8.93. The molecule has 0 bridgehead atoms. The Labute approximate surface area is 152 Å². The maximum absolute atomic E-state index is 5.03. The highest BCUT2D eigenvalue weighted by Gasteiger charge is 2.24. The van der Waals surface area contributed by atoms with Crippen LogP contribution in [-0.2, 0) is 0 Å². The Kier molecular flexibility index (Phi) is 3.26. The van der Waals surface area contributed by atoms with Crippen LogP contribution in [0.3, 0.4) is 0 Å². The van der Waals surface area contributed by atoms with Gasteiger partial charge in [0.25, 0.3) is 0 Å². The van der Waals surface area contributed by atoms with Crippen LogP contribution < -0.4 is 15.2 Å². The number of hydrogen-bond donors (Lipinski definition) is 0. The van der Waals surface area contributed by atoms with E-state index in [0.717, 1.165) is 11.2 Å². The Morgan fingerprint density at radius 3 is 2.35 bits per heavy atom. The van der Waals surface area contributed by atoms with Crippen molar-refractivity contribution in [3.63, 3.8) is 0 Å². The van der Waals surface area contributed by atoms with E-state index >= 15 is 0 Å². The van der Waals surface area contributed by atoms with Crippen LogP contribution in [-0.4, -0.2) is 5.84 Å². The van der Waals surface area contributed by atoms with Crippen LogP contribution in [0.2, 0.25) is 0 Å². The number of aryl methyl sites for hydroxylation is 1. The van der Waals surface area contributed by atoms with Gasteiger partial charge in [-0.25, -0.2) is 0 Å². The van der Waals surface area contributed by atoms with Crippen molar-refractivity contribution in [1.82, 2.24) is 4.58 Å². The lowest BCUT2D eigenvalue weighted by atomic mass is 10.0. The van der Waals surface area contributed by atoms with Gasteiger partial charge in [-0.2, -0.15) is 4.58 Å². The fourth-order valence-corrected chi connectivity index (χ4v) is 3.98. The molecule has 1 aliphatic heterocycles. The predicted octanol–water partition coefficient (Wildman–Crippen LogP) is 4.11. The summed E-state index contributed by atoms with van der Waals surface area (Å²) >= 11 is 0. The van der Waals surface area contributed by atoms with Crippen molar-refractivity contribution in [1.29, 1.82) is 0 Å². The molecule has 0 amide bonds. The van der Waals surface area contributed by atoms with Crippen LogP contribution in [0.15, 0.2) is 77.8 Å². The van der Waals surface area contributed by atoms with Crippen molar-refractivity contribution in [2.75, 3.05) is 0 Å². The standard InChI is InChI=1S/C24H19N2/c1-16-8-3-5-12-22(16)26-17(2)25-21-11-7-9-18-14-15-20(24(18)21)19-10-4-6-13-23(19)26/h3-15H,1-2H3/q+1. The SMILES string of the molecule is CC1=[N+](c2ccccc2C)c2ccccc2C2=c3c(cccc3=N1)C=C2. The lowest BCUT2D eigenvalue weighted by Gasteiger charge is -2.15. The van der Waals surface area contributed by atoms with E-state index in [4.69, 9.17) is 4.99 Å². The first-order valence-corrected chi connectivity index (χ1v) is 8.93. The number of amidine groups is 1. The Hall–Kier alpha value is -3.26. The lowest BCUT2D eigenvalue weighted by Crippen LogP contribution is -2.32. The Bertz CT molecular complexity index is 1240. The summed E-state index contributed by atoms with van der Waals surface area (Å²) in [5, 5.41) is 2.27. The highest BCUT2D eigenvalue weighted by atomic mass is 15.1. The third-order valence-corrected chi connectivity index (χ3v) is 5.17. The molecule has 0 unspecified atom stereocenters. The number of rotatable bonds is 1. The molecule has 0 saturated heterocycles. The van der Waals surface area contributed by atoms with Gasteiger partial charge in [-0.15, -0.1) is 0 Å².